The van der Waals surface area contributed by atoms with Gasteiger partial charge in [-0.1, -0.05) is 5.21 Å². The van der Waals surface area contributed by atoms with Gasteiger partial charge >= 0.3 is 5.97 Å². The maximum atomic E-state index is 14.9. The number of amides is 1. The number of pyridine rings is 1. The fourth-order valence-electron chi connectivity index (χ4n) is 3.46. The predicted molar refractivity (Wildman–Crippen MR) is 119 cm³/mol. The fourth-order valence-corrected chi connectivity index (χ4v) is 3.46. The Labute approximate surface area is 198 Å². The van der Waals surface area contributed by atoms with E-state index in [9.17, 15) is 18.8 Å². The third-order valence-corrected chi connectivity index (χ3v) is 5.28. The molecule has 1 aromatic carbocycles. The topological polar surface area (TPSA) is 169 Å². The van der Waals surface area contributed by atoms with Gasteiger partial charge in [0, 0.05) is 36.0 Å². The van der Waals surface area contributed by atoms with E-state index in [1.54, 1.807) is 35.4 Å². The SMILES string of the molecule is NCC(=O)OCc1cn(-c2ccc(-c3ccc(N4CO[C@@H](CC(=O)C(N)=O)C4)cc3F)cn2)nn1. The molecule has 1 saturated heterocycles. The van der Waals surface area contributed by atoms with Gasteiger partial charge in [-0.05, 0) is 30.3 Å². The van der Waals surface area contributed by atoms with Crippen molar-refractivity contribution in [1.82, 2.24) is 20.0 Å². The number of nitrogens with zero attached hydrogens (tertiary/aromatic N) is 5. The van der Waals surface area contributed by atoms with Crippen molar-refractivity contribution < 1.29 is 28.2 Å². The number of esters is 1. The number of hydrogen-bond donors (Lipinski definition) is 2. The van der Waals surface area contributed by atoms with Gasteiger partial charge in [0.15, 0.2) is 5.82 Å². The highest BCUT2D eigenvalue weighted by atomic mass is 19.1. The van der Waals surface area contributed by atoms with Crippen molar-refractivity contribution in [2.24, 2.45) is 11.5 Å². The van der Waals surface area contributed by atoms with Gasteiger partial charge in [-0.15, -0.1) is 5.10 Å². The van der Waals surface area contributed by atoms with Crippen molar-refractivity contribution in [3.05, 3.63) is 54.2 Å². The van der Waals surface area contributed by atoms with E-state index in [-0.39, 0.29) is 26.3 Å². The van der Waals surface area contributed by atoms with Crippen molar-refractivity contribution in [1.29, 1.82) is 0 Å². The second-order valence-electron chi connectivity index (χ2n) is 7.72. The molecule has 12 nitrogen and oxygen atoms in total. The molecule has 0 aliphatic carbocycles. The quantitative estimate of drug-likeness (QED) is 0.314. The Morgan fingerprint density at radius 2 is 2.06 bits per heavy atom. The maximum absolute atomic E-state index is 14.9. The van der Waals surface area contributed by atoms with Crippen LogP contribution in [0.15, 0.2) is 42.7 Å². The average molecular weight is 483 g/mol. The molecule has 3 heterocycles. The summed E-state index contributed by atoms with van der Waals surface area (Å²) in [6, 6.07) is 8.09. The molecule has 0 saturated carbocycles. The second kappa shape index (κ2) is 10.4. The van der Waals surface area contributed by atoms with E-state index < -0.39 is 29.6 Å². The molecule has 1 aliphatic heterocycles. The number of ether oxygens (including phenoxy) is 2. The maximum Gasteiger partial charge on any atom is 0.320 e. The zero-order valence-electron chi connectivity index (χ0n) is 18.5. The number of rotatable bonds is 9. The summed E-state index contributed by atoms with van der Waals surface area (Å²) in [5.74, 6) is -2.27. The third-order valence-electron chi connectivity index (χ3n) is 5.28. The molecule has 4 N–H and O–H groups in total. The Bertz CT molecular complexity index is 1250. The van der Waals surface area contributed by atoms with E-state index in [0.29, 0.717) is 34.9 Å². The average Bonchev–Trinajstić information content (AvgIpc) is 3.52. The van der Waals surface area contributed by atoms with Crippen molar-refractivity contribution in [2.45, 2.75) is 19.1 Å². The molecule has 2 aromatic heterocycles. The number of primary amides is 1. The van der Waals surface area contributed by atoms with Crippen LogP contribution >= 0.6 is 0 Å². The summed E-state index contributed by atoms with van der Waals surface area (Å²) in [7, 11) is 0. The van der Waals surface area contributed by atoms with Gasteiger partial charge in [-0.25, -0.2) is 14.1 Å². The standard InChI is InChI=1S/C22H22FN7O5/c23-18-5-15(29-10-16(35-12-29)6-19(31)22(25)33)2-3-17(18)13-1-4-20(26-8-13)30-9-14(27-28-30)11-34-21(32)7-24/h1-5,8-9,16H,6-7,10-12,24H2,(H2,25,33)/t16-/m0/s1. The Balaban J connectivity index is 1.41. The summed E-state index contributed by atoms with van der Waals surface area (Å²) >= 11 is 0. The number of ketones is 1. The van der Waals surface area contributed by atoms with Crippen LogP contribution in [0.3, 0.4) is 0 Å². The summed E-state index contributed by atoms with van der Waals surface area (Å²) in [5, 5.41) is 7.85. The van der Waals surface area contributed by atoms with Crippen LogP contribution in [0.2, 0.25) is 0 Å². The molecular formula is C22H22FN7O5. The highest BCUT2D eigenvalue weighted by Crippen LogP contribution is 2.29. The van der Waals surface area contributed by atoms with Crippen molar-refractivity contribution in [3.8, 4) is 16.9 Å². The number of carbonyl (C=O) groups is 3. The van der Waals surface area contributed by atoms with Gasteiger partial charge in [-0.3, -0.25) is 14.4 Å². The minimum absolute atomic E-state index is 0.0596. The molecule has 1 amide bonds. The molecule has 182 valence electrons. The van der Waals surface area contributed by atoms with Gasteiger partial charge in [0.25, 0.3) is 5.91 Å². The molecular weight excluding hydrogens is 461 g/mol. The second-order valence-corrected chi connectivity index (χ2v) is 7.72. The summed E-state index contributed by atoms with van der Waals surface area (Å²) in [6.45, 7) is 0.214. The van der Waals surface area contributed by atoms with Crippen molar-refractivity contribution in [2.75, 3.05) is 24.7 Å². The highest BCUT2D eigenvalue weighted by molar-refractivity contribution is 6.35. The van der Waals surface area contributed by atoms with E-state index in [0.717, 1.165) is 0 Å². The number of anilines is 1. The number of carbonyl (C=O) groups excluding carboxylic acids is 3. The monoisotopic (exact) mass is 483 g/mol. The first kappa shape index (κ1) is 23.9. The van der Waals surface area contributed by atoms with Crippen LogP contribution in [0, 0.1) is 5.82 Å². The van der Waals surface area contributed by atoms with Crippen LogP contribution in [0.25, 0.3) is 16.9 Å². The van der Waals surface area contributed by atoms with Crippen molar-refractivity contribution in [3.63, 3.8) is 0 Å². The smallest absolute Gasteiger partial charge is 0.320 e. The fraction of sp³-hybridized carbons (Fsp3) is 0.273. The van der Waals surface area contributed by atoms with Gasteiger partial charge in [-0.2, -0.15) is 0 Å². The van der Waals surface area contributed by atoms with E-state index in [1.165, 1.54) is 16.9 Å². The first-order chi connectivity index (χ1) is 16.8. The largest absolute Gasteiger partial charge is 0.458 e. The summed E-state index contributed by atoms with van der Waals surface area (Å²) in [6.07, 6.45) is 2.47. The van der Waals surface area contributed by atoms with E-state index >= 15 is 0 Å². The Kier molecular flexibility index (Phi) is 7.08. The van der Waals surface area contributed by atoms with Gasteiger partial charge in [0.2, 0.25) is 5.78 Å². The lowest BCUT2D eigenvalue weighted by Gasteiger charge is -2.17. The Hall–Kier alpha value is -4.23. The zero-order chi connectivity index (χ0) is 24.9. The molecule has 13 heteroatoms. The summed E-state index contributed by atoms with van der Waals surface area (Å²) in [4.78, 5) is 39.7. The summed E-state index contributed by atoms with van der Waals surface area (Å²) < 4.78 is 26.7. The molecule has 35 heavy (non-hydrogen) atoms. The van der Waals surface area contributed by atoms with Gasteiger partial charge < -0.3 is 25.8 Å². The molecule has 4 rings (SSSR count). The first-order valence-electron chi connectivity index (χ1n) is 10.6. The van der Waals surface area contributed by atoms with E-state index in [1.807, 2.05) is 0 Å². The molecule has 1 fully saturated rings. The number of nitrogens with two attached hydrogens (primary N) is 2. The molecule has 3 aromatic rings. The number of aromatic nitrogens is 4. The van der Waals surface area contributed by atoms with E-state index in [2.05, 4.69) is 15.3 Å². The zero-order valence-corrected chi connectivity index (χ0v) is 18.5. The first-order valence-corrected chi connectivity index (χ1v) is 10.6. The van der Waals surface area contributed by atoms with Crippen LogP contribution < -0.4 is 16.4 Å². The number of Topliss-reactive ketones (excluding diaryl/α,β-unsaturated/α-hetero) is 1. The molecule has 0 unspecified atom stereocenters. The van der Waals surface area contributed by atoms with Crippen molar-refractivity contribution >= 4 is 23.3 Å². The molecule has 0 radical (unpaired) electrons. The predicted octanol–water partition coefficient (Wildman–Crippen LogP) is 0.0775. The number of benzene rings is 1. The lowest BCUT2D eigenvalue weighted by atomic mass is 10.1. The lowest BCUT2D eigenvalue weighted by Crippen LogP contribution is -2.29. The Morgan fingerprint density at radius 1 is 1.23 bits per heavy atom. The summed E-state index contributed by atoms with van der Waals surface area (Å²) in [5.41, 5.74) is 12.1. The van der Waals surface area contributed by atoms with Crippen LogP contribution in [0.4, 0.5) is 10.1 Å². The molecule has 1 aliphatic rings. The van der Waals surface area contributed by atoms with Crippen LogP contribution in [0.5, 0.6) is 0 Å². The molecule has 1 atom stereocenters. The van der Waals surface area contributed by atoms with Gasteiger partial charge in [0.05, 0.1) is 18.8 Å². The van der Waals surface area contributed by atoms with Gasteiger partial charge in [0.1, 0.15) is 24.8 Å². The lowest BCUT2D eigenvalue weighted by molar-refractivity contribution is -0.143. The Morgan fingerprint density at radius 3 is 2.74 bits per heavy atom. The van der Waals surface area contributed by atoms with E-state index in [4.69, 9.17) is 20.9 Å². The van der Waals surface area contributed by atoms with Crippen LogP contribution in [0.1, 0.15) is 12.1 Å². The van der Waals surface area contributed by atoms with Crippen LogP contribution in [-0.4, -0.2) is 63.6 Å². The minimum atomic E-state index is -1.00. The normalized spacial score (nSPS) is 15.3. The van der Waals surface area contributed by atoms with Crippen LogP contribution in [-0.2, 0) is 30.5 Å². The number of hydrogen-bond acceptors (Lipinski definition) is 10. The minimum Gasteiger partial charge on any atom is -0.458 e. The third kappa shape index (κ3) is 5.65. The molecule has 0 bridgehead atoms. The highest BCUT2D eigenvalue weighted by Gasteiger charge is 2.27. The molecule has 0 spiro atoms. The number of halogens is 1.